The van der Waals surface area contributed by atoms with Crippen LogP contribution in [0.15, 0.2) is 0 Å². The minimum atomic E-state index is -0.734. The van der Waals surface area contributed by atoms with E-state index >= 15 is 0 Å². The van der Waals surface area contributed by atoms with Crippen LogP contribution >= 0.6 is 0 Å². The Morgan fingerprint density at radius 3 is 2.45 bits per heavy atom. The molecule has 0 aromatic heterocycles. The van der Waals surface area contributed by atoms with Gasteiger partial charge in [-0.2, -0.15) is 0 Å². The highest BCUT2D eigenvalue weighted by molar-refractivity contribution is 5.93. The maximum atomic E-state index is 13.0. The second kappa shape index (κ2) is 7.92. The lowest BCUT2D eigenvalue weighted by molar-refractivity contribution is -0.147. The zero-order chi connectivity index (χ0) is 16.0. The lowest BCUT2D eigenvalue weighted by atomic mass is 9.80. The topological polar surface area (TPSA) is 70.7 Å². The van der Waals surface area contributed by atoms with Crippen molar-refractivity contribution >= 4 is 11.8 Å². The van der Waals surface area contributed by atoms with E-state index in [9.17, 15) is 9.59 Å². The monoisotopic (exact) mass is 311 g/mol. The molecule has 22 heavy (non-hydrogen) atoms. The van der Waals surface area contributed by atoms with Crippen molar-refractivity contribution in [1.82, 2.24) is 15.5 Å². The number of nitrogens with zero attached hydrogens (tertiary/aromatic N) is 1. The van der Waals surface area contributed by atoms with E-state index in [-0.39, 0.29) is 11.8 Å². The fourth-order valence-electron chi connectivity index (χ4n) is 3.41. The molecule has 1 unspecified atom stereocenters. The number of likely N-dealkylation sites (N-methyl/N-ethyl adjacent to an activating group) is 1. The highest BCUT2D eigenvalue weighted by Crippen LogP contribution is 2.30. The van der Waals surface area contributed by atoms with Gasteiger partial charge in [0.1, 0.15) is 11.6 Å². The quantitative estimate of drug-likeness (QED) is 0.782. The average molecular weight is 311 g/mol. The zero-order valence-electron chi connectivity index (χ0n) is 13.8. The van der Waals surface area contributed by atoms with Gasteiger partial charge in [-0.3, -0.25) is 9.59 Å². The van der Waals surface area contributed by atoms with E-state index in [1.54, 1.807) is 0 Å². The third-order valence-electron chi connectivity index (χ3n) is 4.75. The van der Waals surface area contributed by atoms with Crippen LogP contribution in [0.1, 0.15) is 46.0 Å². The standard InChI is InChI=1S/C16H29N3O3/c1-3-19(4-2)15(21)16(8-6-5-7-9-16)18-14(20)13-12-17-10-11-22-13/h13,17H,3-12H2,1-2H3,(H,18,20). The van der Waals surface area contributed by atoms with Gasteiger partial charge in [0.05, 0.1) is 6.61 Å². The van der Waals surface area contributed by atoms with Crippen LogP contribution in [0.4, 0.5) is 0 Å². The van der Waals surface area contributed by atoms with Crippen molar-refractivity contribution in [2.75, 3.05) is 32.8 Å². The second-order valence-electron chi connectivity index (χ2n) is 6.17. The van der Waals surface area contributed by atoms with Gasteiger partial charge in [0.25, 0.3) is 5.91 Å². The SMILES string of the molecule is CCN(CC)C(=O)C1(NC(=O)C2CNCCO2)CCCCC1. The van der Waals surface area contributed by atoms with Gasteiger partial charge in [-0.05, 0) is 26.7 Å². The first kappa shape index (κ1) is 17.2. The van der Waals surface area contributed by atoms with E-state index in [1.165, 1.54) is 0 Å². The Morgan fingerprint density at radius 2 is 1.91 bits per heavy atom. The predicted octanol–water partition coefficient (Wildman–Crippen LogP) is 0.662. The van der Waals surface area contributed by atoms with E-state index in [1.807, 2.05) is 18.7 Å². The van der Waals surface area contributed by atoms with Crippen molar-refractivity contribution in [3.63, 3.8) is 0 Å². The molecule has 1 atom stereocenters. The molecule has 0 spiro atoms. The summed E-state index contributed by atoms with van der Waals surface area (Å²) in [4.78, 5) is 27.3. The van der Waals surface area contributed by atoms with Crippen LogP contribution in [0.3, 0.4) is 0 Å². The van der Waals surface area contributed by atoms with Crippen molar-refractivity contribution in [3.05, 3.63) is 0 Å². The molecule has 0 aromatic rings. The summed E-state index contributed by atoms with van der Waals surface area (Å²) < 4.78 is 5.52. The molecular weight excluding hydrogens is 282 g/mol. The fourth-order valence-corrected chi connectivity index (χ4v) is 3.41. The zero-order valence-corrected chi connectivity index (χ0v) is 13.8. The molecule has 2 rings (SSSR count). The normalized spacial score (nSPS) is 24.5. The number of carbonyl (C=O) groups excluding carboxylic acids is 2. The number of amides is 2. The number of rotatable bonds is 5. The maximum Gasteiger partial charge on any atom is 0.251 e. The summed E-state index contributed by atoms with van der Waals surface area (Å²) in [6.07, 6.45) is 4.07. The molecule has 6 nitrogen and oxygen atoms in total. The van der Waals surface area contributed by atoms with E-state index in [4.69, 9.17) is 4.74 Å². The molecule has 0 radical (unpaired) electrons. The third-order valence-corrected chi connectivity index (χ3v) is 4.75. The second-order valence-corrected chi connectivity index (χ2v) is 6.17. The van der Waals surface area contributed by atoms with Gasteiger partial charge in [0.2, 0.25) is 5.91 Å². The number of carbonyl (C=O) groups is 2. The van der Waals surface area contributed by atoms with Crippen LogP contribution in [0.25, 0.3) is 0 Å². The van der Waals surface area contributed by atoms with Crippen molar-refractivity contribution in [1.29, 1.82) is 0 Å². The van der Waals surface area contributed by atoms with Crippen molar-refractivity contribution in [2.24, 2.45) is 0 Å². The lowest BCUT2D eigenvalue weighted by Gasteiger charge is -2.41. The third kappa shape index (κ3) is 3.79. The molecule has 2 aliphatic rings. The Bertz CT molecular complexity index is 384. The minimum absolute atomic E-state index is 0.0642. The Labute approximate surface area is 132 Å². The Morgan fingerprint density at radius 1 is 1.23 bits per heavy atom. The van der Waals surface area contributed by atoms with Gasteiger partial charge < -0.3 is 20.3 Å². The molecule has 1 heterocycles. The summed E-state index contributed by atoms with van der Waals surface area (Å²) in [5, 5.41) is 6.21. The van der Waals surface area contributed by atoms with E-state index < -0.39 is 11.6 Å². The van der Waals surface area contributed by atoms with Crippen LogP contribution in [0, 0.1) is 0 Å². The smallest absolute Gasteiger partial charge is 0.251 e. The first-order chi connectivity index (χ1) is 10.6. The van der Waals surface area contributed by atoms with Gasteiger partial charge in [0, 0.05) is 26.2 Å². The van der Waals surface area contributed by atoms with Crippen molar-refractivity contribution in [3.8, 4) is 0 Å². The average Bonchev–Trinajstić information content (AvgIpc) is 2.57. The summed E-state index contributed by atoms with van der Waals surface area (Å²) in [6, 6.07) is 0. The number of morpholine rings is 1. The molecule has 126 valence electrons. The molecule has 1 saturated heterocycles. The van der Waals surface area contributed by atoms with Gasteiger partial charge >= 0.3 is 0 Å². The van der Waals surface area contributed by atoms with Gasteiger partial charge in [-0.15, -0.1) is 0 Å². The van der Waals surface area contributed by atoms with Gasteiger partial charge in [0.15, 0.2) is 0 Å². The number of nitrogens with one attached hydrogen (secondary N) is 2. The molecule has 6 heteroatoms. The van der Waals surface area contributed by atoms with Crippen molar-refractivity contribution < 1.29 is 14.3 Å². The maximum absolute atomic E-state index is 13.0. The highest BCUT2D eigenvalue weighted by atomic mass is 16.5. The molecule has 1 saturated carbocycles. The molecule has 1 aliphatic heterocycles. The Hall–Kier alpha value is -1.14. The summed E-state index contributed by atoms with van der Waals surface area (Å²) >= 11 is 0. The van der Waals surface area contributed by atoms with Crippen LogP contribution in [0.5, 0.6) is 0 Å². The lowest BCUT2D eigenvalue weighted by Crippen LogP contribution is -2.63. The highest BCUT2D eigenvalue weighted by Gasteiger charge is 2.43. The number of hydrogen-bond acceptors (Lipinski definition) is 4. The number of hydrogen-bond donors (Lipinski definition) is 2. The summed E-state index contributed by atoms with van der Waals surface area (Å²) in [5.41, 5.74) is -0.734. The first-order valence-electron chi connectivity index (χ1n) is 8.56. The first-order valence-corrected chi connectivity index (χ1v) is 8.56. The molecule has 2 amide bonds. The minimum Gasteiger partial charge on any atom is -0.366 e. The molecule has 0 aromatic carbocycles. The van der Waals surface area contributed by atoms with Gasteiger partial charge in [-0.25, -0.2) is 0 Å². The van der Waals surface area contributed by atoms with E-state index in [2.05, 4.69) is 10.6 Å². The van der Waals surface area contributed by atoms with Gasteiger partial charge in [-0.1, -0.05) is 19.3 Å². The van der Waals surface area contributed by atoms with Crippen LogP contribution in [-0.2, 0) is 14.3 Å². The fraction of sp³-hybridized carbons (Fsp3) is 0.875. The molecular formula is C16H29N3O3. The summed E-state index contributed by atoms with van der Waals surface area (Å²) in [7, 11) is 0. The largest absolute Gasteiger partial charge is 0.366 e. The van der Waals surface area contributed by atoms with E-state index in [0.717, 1.165) is 38.6 Å². The molecule has 2 fully saturated rings. The molecule has 0 bridgehead atoms. The summed E-state index contributed by atoms with van der Waals surface area (Å²) in [5.74, 6) is -0.0936. The Balaban J connectivity index is 2.10. The van der Waals surface area contributed by atoms with Crippen molar-refractivity contribution in [2.45, 2.75) is 57.6 Å². The van der Waals surface area contributed by atoms with Crippen LogP contribution in [0.2, 0.25) is 0 Å². The summed E-state index contributed by atoms with van der Waals surface area (Å²) in [6.45, 7) is 7.13. The molecule has 2 N–H and O–H groups in total. The van der Waals surface area contributed by atoms with E-state index in [0.29, 0.717) is 26.2 Å². The van der Waals surface area contributed by atoms with Crippen LogP contribution in [-0.4, -0.2) is 61.1 Å². The Kier molecular flexibility index (Phi) is 6.20. The number of ether oxygens (including phenoxy) is 1. The van der Waals surface area contributed by atoms with Crippen LogP contribution < -0.4 is 10.6 Å². The molecule has 1 aliphatic carbocycles. The predicted molar refractivity (Wildman–Crippen MR) is 84.5 cm³/mol.